The standard InChI is InChI=1S/C25H24N4O5/c1-15-7-8-16(2)19(12-15)26-22(30)14-29-11-5-6-18(25(29)31)24-27-23(28-34-24)17-9-10-20(32-3)21(13-17)33-4/h5-13H,14H2,1-4H3,(H,26,30). The Bertz CT molecular complexity index is 1410. The molecule has 0 spiro atoms. The summed E-state index contributed by atoms with van der Waals surface area (Å²) < 4.78 is 17.2. The van der Waals surface area contributed by atoms with E-state index in [-0.39, 0.29) is 23.9 Å². The number of ether oxygens (including phenoxy) is 2. The fourth-order valence-corrected chi connectivity index (χ4v) is 3.46. The highest BCUT2D eigenvalue weighted by Gasteiger charge is 2.17. The zero-order chi connectivity index (χ0) is 24.2. The topological polar surface area (TPSA) is 108 Å². The highest BCUT2D eigenvalue weighted by molar-refractivity contribution is 5.91. The summed E-state index contributed by atoms with van der Waals surface area (Å²) in [5.41, 5.74) is 3.10. The van der Waals surface area contributed by atoms with Crippen LogP contribution < -0.4 is 20.3 Å². The Kier molecular flexibility index (Phi) is 6.44. The molecule has 9 heteroatoms. The SMILES string of the molecule is COc1ccc(-c2noc(-c3cccn(CC(=O)Nc4cc(C)ccc4C)c3=O)n2)cc1OC. The number of benzene rings is 2. The first-order chi connectivity index (χ1) is 16.4. The van der Waals surface area contributed by atoms with Crippen molar-refractivity contribution < 1.29 is 18.8 Å². The van der Waals surface area contributed by atoms with Gasteiger partial charge in [0.2, 0.25) is 11.7 Å². The van der Waals surface area contributed by atoms with Crippen LogP contribution in [0.2, 0.25) is 0 Å². The van der Waals surface area contributed by atoms with Crippen LogP contribution in [0.5, 0.6) is 11.5 Å². The van der Waals surface area contributed by atoms with Crippen molar-refractivity contribution >= 4 is 11.6 Å². The minimum atomic E-state index is -0.416. The van der Waals surface area contributed by atoms with Crippen LogP contribution in [0.1, 0.15) is 11.1 Å². The quantitative estimate of drug-likeness (QED) is 0.446. The zero-order valence-corrected chi connectivity index (χ0v) is 19.3. The van der Waals surface area contributed by atoms with Gasteiger partial charge < -0.3 is 23.9 Å². The second-order valence-corrected chi connectivity index (χ2v) is 7.71. The average molecular weight is 460 g/mol. The molecular formula is C25H24N4O5. The molecule has 0 aliphatic carbocycles. The number of carbonyl (C=O) groups is 1. The first kappa shape index (κ1) is 22.8. The summed E-state index contributed by atoms with van der Waals surface area (Å²) >= 11 is 0. The highest BCUT2D eigenvalue weighted by Crippen LogP contribution is 2.31. The van der Waals surface area contributed by atoms with Gasteiger partial charge in [-0.1, -0.05) is 17.3 Å². The maximum absolute atomic E-state index is 13.0. The second kappa shape index (κ2) is 9.62. The summed E-state index contributed by atoms with van der Waals surface area (Å²) in [7, 11) is 3.08. The molecule has 2 aromatic heterocycles. The molecule has 0 aliphatic heterocycles. The molecule has 2 heterocycles. The van der Waals surface area contributed by atoms with Gasteiger partial charge in [0.05, 0.1) is 14.2 Å². The predicted molar refractivity (Wildman–Crippen MR) is 127 cm³/mol. The van der Waals surface area contributed by atoms with E-state index in [4.69, 9.17) is 14.0 Å². The Morgan fingerprint density at radius 1 is 1.06 bits per heavy atom. The molecule has 0 radical (unpaired) electrons. The van der Waals surface area contributed by atoms with E-state index in [9.17, 15) is 9.59 Å². The van der Waals surface area contributed by atoms with Crippen LogP contribution in [-0.4, -0.2) is 34.8 Å². The summed E-state index contributed by atoms with van der Waals surface area (Å²) in [6.07, 6.45) is 1.54. The molecule has 1 amide bonds. The molecule has 0 bridgehead atoms. The van der Waals surface area contributed by atoms with Crippen LogP contribution in [0.15, 0.2) is 64.0 Å². The van der Waals surface area contributed by atoms with E-state index in [2.05, 4.69) is 15.5 Å². The van der Waals surface area contributed by atoms with Crippen molar-refractivity contribution in [1.82, 2.24) is 14.7 Å². The van der Waals surface area contributed by atoms with Crippen molar-refractivity contribution in [2.45, 2.75) is 20.4 Å². The zero-order valence-electron chi connectivity index (χ0n) is 19.3. The molecule has 4 aromatic rings. The Balaban J connectivity index is 1.57. The maximum atomic E-state index is 13.0. The number of aromatic nitrogens is 3. The number of nitrogens with zero attached hydrogens (tertiary/aromatic N) is 3. The fraction of sp³-hybridized carbons (Fsp3) is 0.200. The maximum Gasteiger partial charge on any atom is 0.263 e. The van der Waals surface area contributed by atoms with Crippen molar-refractivity contribution in [1.29, 1.82) is 0 Å². The third-order valence-electron chi connectivity index (χ3n) is 5.30. The van der Waals surface area contributed by atoms with Gasteiger partial charge in [0.15, 0.2) is 11.5 Å². The summed E-state index contributed by atoms with van der Waals surface area (Å²) in [6.45, 7) is 3.70. The third kappa shape index (κ3) is 4.68. The lowest BCUT2D eigenvalue weighted by Crippen LogP contribution is -2.28. The molecule has 4 rings (SSSR count). The van der Waals surface area contributed by atoms with Crippen molar-refractivity contribution in [3.63, 3.8) is 0 Å². The van der Waals surface area contributed by atoms with Gasteiger partial charge in [-0.05, 0) is 61.4 Å². The van der Waals surface area contributed by atoms with Crippen molar-refractivity contribution in [2.24, 2.45) is 0 Å². The molecule has 0 saturated carbocycles. The number of anilines is 1. The normalized spacial score (nSPS) is 10.7. The molecule has 0 atom stereocenters. The molecule has 0 unspecified atom stereocenters. The van der Waals surface area contributed by atoms with Gasteiger partial charge in [0, 0.05) is 17.4 Å². The Morgan fingerprint density at radius 2 is 1.85 bits per heavy atom. The minimum absolute atomic E-state index is 0.0547. The number of hydrogen-bond acceptors (Lipinski definition) is 7. The van der Waals surface area contributed by atoms with E-state index in [1.807, 2.05) is 32.0 Å². The lowest BCUT2D eigenvalue weighted by atomic mass is 10.1. The van der Waals surface area contributed by atoms with Crippen LogP contribution in [0.25, 0.3) is 22.8 Å². The van der Waals surface area contributed by atoms with E-state index in [0.29, 0.717) is 28.6 Å². The predicted octanol–water partition coefficient (Wildman–Crippen LogP) is 3.84. The van der Waals surface area contributed by atoms with Crippen molar-refractivity contribution in [3.8, 4) is 34.3 Å². The number of hydrogen-bond donors (Lipinski definition) is 1. The monoisotopic (exact) mass is 460 g/mol. The molecule has 0 fully saturated rings. The van der Waals surface area contributed by atoms with Crippen LogP contribution in [-0.2, 0) is 11.3 Å². The number of pyridine rings is 1. The number of amides is 1. The van der Waals surface area contributed by atoms with Gasteiger partial charge in [-0.25, -0.2) is 0 Å². The fourth-order valence-electron chi connectivity index (χ4n) is 3.46. The lowest BCUT2D eigenvalue weighted by Gasteiger charge is -2.11. The smallest absolute Gasteiger partial charge is 0.263 e. The molecule has 34 heavy (non-hydrogen) atoms. The van der Waals surface area contributed by atoms with E-state index in [1.54, 1.807) is 43.6 Å². The molecule has 2 aromatic carbocycles. The Hall–Kier alpha value is -4.40. The van der Waals surface area contributed by atoms with Gasteiger partial charge in [0.1, 0.15) is 12.1 Å². The number of nitrogens with one attached hydrogen (secondary N) is 1. The van der Waals surface area contributed by atoms with E-state index >= 15 is 0 Å². The van der Waals surface area contributed by atoms with Crippen LogP contribution in [0.4, 0.5) is 5.69 Å². The van der Waals surface area contributed by atoms with Crippen LogP contribution in [0, 0.1) is 13.8 Å². The largest absolute Gasteiger partial charge is 0.493 e. The number of carbonyl (C=O) groups excluding carboxylic acids is 1. The number of aryl methyl sites for hydroxylation is 2. The van der Waals surface area contributed by atoms with Crippen molar-refractivity contribution in [2.75, 3.05) is 19.5 Å². The van der Waals surface area contributed by atoms with E-state index in [1.165, 1.54) is 11.7 Å². The number of rotatable bonds is 7. The Morgan fingerprint density at radius 3 is 2.62 bits per heavy atom. The molecule has 9 nitrogen and oxygen atoms in total. The minimum Gasteiger partial charge on any atom is -0.493 e. The highest BCUT2D eigenvalue weighted by atomic mass is 16.5. The third-order valence-corrected chi connectivity index (χ3v) is 5.30. The van der Waals surface area contributed by atoms with E-state index in [0.717, 1.165) is 11.1 Å². The molecule has 1 N–H and O–H groups in total. The van der Waals surface area contributed by atoms with Crippen molar-refractivity contribution in [3.05, 3.63) is 76.2 Å². The van der Waals surface area contributed by atoms with Crippen LogP contribution >= 0.6 is 0 Å². The summed E-state index contributed by atoms with van der Waals surface area (Å²) in [4.78, 5) is 30.0. The van der Waals surface area contributed by atoms with Gasteiger partial charge >= 0.3 is 0 Å². The summed E-state index contributed by atoms with van der Waals surface area (Å²) in [5, 5.41) is 6.85. The first-order valence-corrected chi connectivity index (χ1v) is 10.5. The molecular weight excluding hydrogens is 436 g/mol. The lowest BCUT2D eigenvalue weighted by molar-refractivity contribution is -0.116. The summed E-state index contributed by atoms with van der Waals surface area (Å²) in [6, 6.07) is 14.2. The van der Waals surface area contributed by atoms with E-state index < -0.39 is 5.56 Å². The average Bonchev–Trinajstić information content (AvgIpc) is 3.32. The van der Waals surface area contributed by atoms with Gasteiger partial charge in [-0.3, -0.25) is 9.59 Å². The first-order valence-electron chi connectivity index (χ1n) is 10.5. The van der Waals surface area contributed by atoms with Crippen LogP contribution in [0.3, 0.4) is 0 Å². The second-order valence-electron chi connectivity index (χ2n) is 7.71. The number of methoxy groups -OCH3 is 2. The van der Waals surface area contributed by atoms with Gasteiger partial charge in [-0.2, -0.15) is 4.98 Å². The van der Waals surface area contributed by atoms with Gasteiger partial charge in [-0.15, -0.1) is 0 Å². The van der Waals surface area contributed by atoms with Gasteiger partial charge in [0.25, 0.3) is 11.4 Å². The molecule has 174 valence electrons. The Labute approximate surface area is 196 Å². The molecule has 0 aliphatic rings. The molecule has 0 saturated heterocycles. The summed E-state index contributed by atoms with van der Waals surface area (Å²) in [5.74, 6) is 1.12.